The Bertz CT molecular complexity index is 231. The van der Waals surface area contributed by atoms with Gasteiger partial charge in [0.25, 0.3) is 0 Å². The van der Waals surface area contributed by atoms with Crippen molar-refractivity contribution in [2.75, 3.05) is 20.2 Å². The highest BCUT2D eigenvalue weighted by Gasteiger charge is 2.33. The molecule has 74 valence electrons. The molecule has 0 bridgehead atoms. The summed E-state index contributed by atoms with van der Waals surface area (Å²) in [4.78, 5) is 11.4. The van der Waals surface area contributed by atoms with Gasteiger partial charge in [0.2, 0.25) is 0 Å². The quantitative estimate of drug-likeness (QED) is 0.514. The van der Waals surface area contributed by atoms with Crippen LogP contribution < -0.4 is 5.32 Å². The Balaban J connectivity index is 2.78. The standard InChI is InChI=1S/C10H17NO2/c1-10(2,9(12)13-3)8-4-6-11-7-5-8/h4,11H,5-7H2,1-3H3. The summed E-state index contributed by atoms with van der Waals surface area (Å²) in [6.07, 6.45) is 3.02. The molecule has 13 heavy (non-hydrogen) atoms. The maximum Gasteiger partial charge on any atom is 0.315 e. The third kappa shape index (κ3) is 2.10. The van der Waals surface area contributed by atoms with Gasteiger partial charge in [-0.2, -0.15) is 0 Å². The molecular formula is C10H17NO2. The highest BCUT2D eigenvalue weighted by Crippen LogP contribution is 2.30. The minimum atomic E-state index is -0.461. The first-order valence-electron chi connectivity index (χ1n) is 4.57. The van der Waals surface area contributed by atoms with Crippen LogP contribution in [0, 0.1) is 5.41 Å². The Morgan fingerprint density at radius 3 is 2.77 bits per heavy atom. The zero-order valence-electron chi connectivity index (χ0n) is 8.52. The predicted molar refractivity (Wildman–Crippen MR) is 51.4 cm³/mol. The van der Waals surface area contributed by atoms with Crippen LogP contribution in [0.25, 0.3) is 0 Å². The summed E-state index contributed by atoms with van der Waals surface area (Å²) in [6.45, 7) is 5.63. The molecule has 0 aliphatic carbocycles. The van der Waals surface area contributed by atoms with Gasteiger partial charge >= 0.3 is 5.97 Å². The van der Waals surface area contributed by atoms with Crippen LogP contribution in [0.4, 0.5) is 0 Å². The summed E-state index contributed by atoms with van der Waals surface area (Å²) in [5.41, 5.74) is 0.717. The summed E-state index contributed by atoms with van der Waals surface area (Å²) in [6, 6.07) is 0. The van der Waals surface area contributed by atoms with Gasteiger partial charge in [-0.25, -0.2) is 0 Å². The molecule has 1 aliphatic heterocycles. The van der Waals surface area contributed by atoms with Crippen molar-refractivity contribution in [1.82, 2.24) is 5.32 Å². The second-order valence-electron chi connectivity index (χ2n) is 3.80. The maximum absolute atomic E-state index is 11.4. The minimum Gasteiger partial charge on any atom is -0.468 e. The van der Waals surface area contributed by atoms with Crippen LogP contribution in [0.5, 0.6) is 0 Å². The van der Waals surface area contributed by atoms with Gasteiger partial charge in [-0.1, -0.05) is 11.6 Å². The largest absolute Gasteiger partial charge is 0.468 e. The van der Waals surface area contributed by atoms with Crippen molar-refractivity contribution in [3.8, 4) is 0 Å². The Hall–Kier alpha value is -0.830. The Kier molecular flexibility index (Phi) is 3.09. The topological polar surface area (TPSA) is 38.3 Å². The lowest BCUT2D eigenvalue weighted by Crippen LogP contribution is -2.33. The van der Waals surface area contributed by atoms with Gasteiger partial charge in [-0.15, -0.1) is 0 Å². The molecule has 0 spiro atoms. The van der Waals surface area contributed by atoms with E-state index in [0.717, 1.165) is 19.5 Å². The Morgan fingerprint density at radius 1 is 1.62 bits per heavy atom. The summed E-state index contributed by atoms with van der Waals surface area (Å²) >= 11 is 0. The molecular weight excluding hydrogens is 166 g/mol. The number of carbonyl (C=O) groups is 1. The van der Waals surface area contributed by atoms with Crippen LogP contribution in [0.15, 0.2) is 11.6 Å². The van der Waals surface area contributed by atoms with Crippen molar-refractivity contribution in [2.45, 2.75) is 20.3 Å². The summed E-state index contributed by atoms with van der Waals surface area (Å²) in [5.74, 6) is -0.152. The van der Waals surface area contributed by atoms with Gasteiger partial charge in [0.15, 0.2) is 0 Å². The van der Waals surface area contributed by atoms with Crippen LogP contribution in [0.2, 0.25) is 0 Å². The molecule has 0 saturated carbocycles. The van der Waals surface area contributed by atoms with Crippen molar-refractivity contribution >= 4 is 5.97 Å². The molecule has 0 aromatic rings. The molecule has 1 rings (SSSR count). The lowest BCUT2D eigenvalue weighted by Gasteiger charge is -2.27. The van der Waals surface area contributed by atoms with Gasteiger partial charge in [0.05, 0.1) is 12.5 Å². The second kappa shape index (κ2) is 3.92. The Labute approximate surface area is 79.2 Å². The molecule has 3 heteroatoms. The predicted octanol–water partition coefficient (Wildman–Crippen LogP) is 1.11. The van der Waals surface area contributed by atoms with Gasteiger partial charge < -0.3 is 10.1 Å². The maximum atomic E-state index is 11.4. The third-order valence-electron chi connectivity index (χ3n) is 2.56. The molecule has 1 N–H and O–H groups in total. The van der Waals surface area contributed by atoms with Crippen molar-refractivity contribution in [1.29, 1.82) is 0 Å². The normalized spacial score (nSPS) is 17.9. The lowest BCUT2D eigenvalue weighted by atomic mass is 9.81. The van der Waals surface area contributed by atoms with Crippen molar-refractivity contribution in [3.05, 3.63) is 11.6 Å². The molecule has 1 heterocycles. The number of rotatable bonds is 2. The van der Waals surface area contributed by atoms with Gasteiger partial charge in [-0.05, 0) is 26.8 Å². The van der Waals surface area contributed by atoms with Crippen LogP contribution in [-0.2, 0) is 9.53 Å². The van der Waals surface area contributed by atoms with Crippen molar-refractivity contribution in [2.24, 2.45) is 5.41 Å². The molecule has 0 saturated heterocycles. The monoisotopic (exact) mass is 183 g/mol. The zero-order valence-corrected chi connectivity index (χ0v) is 8.52. The molecule has 3 nitrogen and oxygen atoms in total. The van der Waals surface area contributed by atoms with Crippen LogP contribution in [-0.4, -0.2) is 26.2 Å². The molecule has 0 aromatic heterocycles. The van der Waals surface area contributed by atoms with E-state index in [1.54, 1.807) is 0 Å². The van der Waals surface area contributed by atoms with E-state index < -0.39 is 5.41 Å². The summed E-state index contributed by atoms with van der Waals surface area (Å²) in [5, 5.41) is 3.22. The summed E-state index contributed by atoms with van der Waals surface area (Å²) in [7, 11) is 1.44. The fraction of sp³-hybridized carbons (Fsp3) is 0.700. The zero-order chi connectivity index (χ0) is 9.90. The van der Waals surface area contributed by atoms with Crippen LogP contribution in [0.3, 0.4) is 0 Å². The number of carbonyl (C=O) groups excluding carboxylic acids is 1. The first-order valence-corrected chi connectivity index (χ1v) is 4.57. The van der Waals surface area contributed by atoms with E-state index in [2.05, 4.69) is 11.4 Å². The number of esters is 1. The second-order valence-corrected chi connectivity index (χ2v) is 3.80. The summed E-state index contributed by atoms with van der Waals surface area (Å²) < 4.78 is 4.77. The number of ether oxygens (including phenoxy) is 1. The van der Waals surface area contributed by atoms with E-state index in [1.165, 1.54) is 12.7 Å². The number of methoxy groups -OCH3 is 1. The molecule has 0 aromatic carbocycles. The van der Waals surface area contributed by atoms with Crippen molar-refractivity contribution < 1.29 is 9.53 Å². The average molecular weight is 183 g/mol. The minimum absolute atomic E-state index is 0.152. The fourth-order valence-corrected chi connectivity index (χ4v) is 1.58. The fourth-order valence-electron chi connectivity index (χ4n) is 1.58. The Morgan fingerprint density at radius 2 is 2.31 bits per heavy atom. The highest BCUT2D eigenvalue weighted by molar-refractivity contribution is 5.79. The SMILES string of the molecule is COC(=O)C(C)(C)C1=CCNCC1. The van der Waals surface area contributed by atoms with Crippen LogP contribution >= 0.6 is 0 Å². The number of hydrogen-bond donors (Lipinski definition) is 1. The van der Waals surface area contributed by atoms with Gasteiger partial charge in [0.1, 0.15) is 0 Å². The highest BCUT2D eigenvalue weighted by atomic mass is 16.5. The van der Waals surface area contributed by atoms with E-state index in [1.807, 2.05) is 13.8 Å². The average Bonchev–Trinajstić information content (AvgIpc) is 2.18. The molecule has 0 fully saturated rings. The lowest BCUT2D eigenvalue weighted by molar-refractivity contribution is -0.148. The molecule has 0 atom stereocenters. The van der Waals surface area contributed by atoms with Gasteiger partial charge in [0, 0.05) is 6.54 Å². The first kappa shape index (κ1) is 10.3. The van der Waals surface area contributed by atoms with E-state index in [4.69, 9.17) is 4.74 Å². The third-order valence-corrected chi connectivity index (χ3v) is 2.56. The molecule has 0 radical (unpaired) electrons. The van der Waals surface area contributed by atoms with Crippen LogP contribution in [0.1, 0.15) is 20.3 Å². The molecule has 0 unspecified atom stereocenters. The van der Waals surface area contributed by atoms with E-state index in [9.17, 15) is 4.79 Å². The number of hydrogen-bond acceptors (Lipinski definition) is 3. The number of nitrogens with one attached hydrogen (secondary N) is 1. The van der Waals surface area contributed by atoms with Crippen molar-refractivity contribution in [3.63, 3.8) is 0 Å². The molecule has 0 amide bonds. The van der Waals surface area contributed by atoms with E-state index in [-0.39, 0.29) is 5.97 Å². The van der Waals surface area contributed by atoms with E-state index >= 15 is 0 Å². The molecule has 1 aliphatic rings. The van der Waals surface area contributed by atoms with Gasteiger partial charge in [-0.3, -0.25) is 4.79 Å². The smallest absolute Gasteiger partial charge is 0.315 e. The first-order chi connectivity index (χ1) is 6.09. The van der Waals surface area contributed by atoms with E-state index in [0.29, 0.717) is 0 Å².